The average molecular weight is 378 g/mol. The molecule has 6 nitrogen and oxygen atoms in total. The van der Waals surface area contributed by atoms with Crippen LogP contribution in [0.3, 0.4) is 0 Å². The minimum atomic E-state index is -0.639. The van der Waals surface area contributed by atoms with Crippen molar-refractivity contribution in [3.8, 4) is 11.3 Å². The molecule has 0 aliphatic heterocycles. The van der Waals surface area contributed by atoms with Gasteiger partial charge in [0.1, 0.15) is 17.1 Å². The normalized spacial score (nSPS) is 10.9. The summed E-state index contributed by atoms with van der Waals surface area (Å²) in [4.78, 5) is 24.8. The number of aryl methyl sites for hydroxylation is 1. The van der Waals surface area contributed by atoms with Crippen molar-refractivity contribution in [2.24, 2.45) is 0 Å². The van der Waals surface area contributed by atoms with Crippen LogP contribution in [0.5, 0.6) is 0 Å². The third-order valence-electron chi connectivity index (χ3n) is 4.31. The van der Waals surface area contributed by atoms with Gasteiger partial charge in [-0.1, -0.05) is 18.1 Å². The van der Waals surface area contributed by atoms with Gasteiger partial charge in [0.25, 0.3) is 5.91 Å². The molecule has 140 valence electrons. The smallest absolute Gasteiger partial charge is 0.293 e. The Bertz CT molecular complexity index is 1230. The number of nitrogens with one attached hydrogen (secondary N) is 1. The molecule has 0 aliphatic rings. The summed E-state index contributed by atoms with van der Waals surface area (Å²) in [6.07, 6.45) is 0.791. The van der Waals surface area contributed by atoms with Crippen molar-refractivity contribution in [2.75, 3.05) is 5.32 Å². The van der Waals surface area contributed by atoms with Crippen molar-refractivity contribution in [1.82, 2.24) is 5.16 Å². The van der Waals surface area contributed by atoms with Crippen LogP contribution < -0.4 is 10.7 Å². The average Bonchev–Trinajstić information content (AvgIpc) is 3.16. The van der Waals surface area contributed by atoms with E-state index in [2.05, 4.69) is 10.5 Å². The number of amides is 1. The fourth-order valence-electron chi connectivity index (χ4n) is 2.80. The molecule has 28 heavy (non-hydrogen) atoms. The van der Waals surface area contributed by atoms with Crippen molar-refractivity contribution in [1.29, 1.82) is 0 Å². The van der Waals surface area contributed by atoms with Gasteiger partial charge in [0.2, 0.25) is 5.88 Å². The van der Waals surface area contributed by atoms with Gasteiger partial charge in [-0.05, 0) is 48.4 Å². The molecular formula is C21H15FN2O4. The molecule has 0 fully saturated rings. The van der Waals surface area contributed by atoms with E-state index >= 15 is 0 Å². The second kappa shape index (κ2) is 7.11. The first kappa shape index (κ1) is 17.7. The van der Waals surface area contributed by atoms with Crippen molar-refractivity contribution in [3.63, 3.8) is 0 Å². The minimum Gasteiger partial charge on any atom is -0.451 e. The summed E-state index contributed by atoms with van der Waals surface area (Å²) in [6, 6.07) is 13.6. The molecule has 2 heterocycles. The lowest BCUT2D eigenvalue weighted by Gasteiger charge is -2.04. The van der Waals surface area contributed by atoms with Gasteiger partial charge >= 0.3 is 0 Å². The molecule has 2 aromatic heterocycles. The highest BCUT2D eigenvalue weighted by Crippen LogP contribution is 2.22. The number of carbonyl (C=O) groups is 1. The van der Waals surface area contributed by atoms with E-state index in [1.165, 1.54) is 18.2 Å². The van der Waals surface area contributed by atoms with E-state index in [0.29, 0.717) is 22.2 Å². The number of aromatic nitrogens is 1. The highest BCUT2D eigenvalue weighted by atomic mass is 19.1. The summed E-state index contributed by atoms with van der Waals surface area (Å²) < 4.78 is 23.7. The van der Waals surface area contributed by atoms with Crippen LogP contribution in [-0.4, -0.2) is 11.1 Å². The van der Waals surface area contributed by atoms with Gasteiger partial charge < -0.3 is 8.94 Å². The molecule has 0 aliphatic carbocycles. The molecular weight excluding hydrogens is 363 g/mol. The van der Waals surface area contributed by atoms with Crippen LogP contribution in [0.4, 0.5) is 10.3 Å². The number of anilines is 1. The topological polar surface area (TPSA) is 85.3 Å². The zero-order valence-corrected chi connectivity index (χ0v) is 14.9. The lowest BCUT2D eigenvalue weighted by Crippen LogP contribution is -2.14. The van der Waals surface area contributed by atoms with E-state index in [-0.39, 0.29) is 22.9 Å². The first-order valence-corrected chi connectivity index (χ1v) is 8.64. The standard InChI is InChI=1S/C21H15FN2O4/c1-2-12-3-8-18-15(9-12)17(25)11-19(27-18)21(26)23-20-10-16(24-28-20)13-4-6-14(22)7-5-13/h3-11H,2H2,1H3,(H,23,26). The number of rotatable bonds is 4. The van der Waals surface area contributed by atoms with E-state index in [0.717, 1.165) is 18.1 Å². The summed E-state index contributed by atoms with van der Waals surface area (Å²) in [7, 11) is 0. The summed E-state index contributed by atoms with van der Waals surface area (Å²) in [6.45, 7) is 1.99. The highest BCUT2D eigenvalue weighted by Gasteiger charge is 2.16. The molecule has 7 heteroatoms. The quantitative estimate of drug-likeness (QED) is 0.569. The number of fused-ring (bicyclic) bond motifs is 1. The second-order valence-electron chi connectivity index (χ2n) is 6.20. The van der Waals surface area contributed by atoms with Crippen LogP contribution in [0.25, 0.3) is 22.2 Å². The Morgan fingerprint density at radius 2 is 1.89 bits per heavy atom. The number of hydrogen-bond acceptors (Lipinski definition) is 5. The van der Waals surface area contributed by atoms with Gasteiger partial charge in [-0.15, -0.1) is 0 Å². The molecule has 0 radical (unpaired) electrons. The van der Waals surface area contributed by atoms with Gasteiger partial charge in [-0.3, -0.25) is 14.9 Å². The van der Waals surface area contributed by atoms with Crippen LogP contribution in [0, 0.1) is 5.82 Å². The molecule has 0 spiro atoms. The molecule has 0 atom stereocenters. The number of benzene rings is 2. The Balaban J connectivity index is 1.58. The predicted molar refractivity (Wildman–Crippen MR) is 102 cm³/mol. The molecule has 0 saturated heterocycles. The van der Waals surface area contributed by atoms with E-state index in [1.807, 2.05) is 13.0 Å². The summed E-state index contributed by atoms with van der Waals surface area (Å²) in [5.41, 5.74) is 2.11. The monoisotopic (exact) mass is 378 g/mol. The molecule has 0 unspecified atom stereocenters. The van der Waals surface area contributed by atoms with Crippen LogP contribution in [-0.2, 0) is 6.42 Å². The van der Waals surface area contributed by atoms with Crippen LogP contribution in [0.1, 0.15) is 23.0 Å². The maximum atomic E-state index is 13.0. The number of halogens is 1. The largest absolute Gasteiger partial charge is 0.451 e. The fourth-order valence-corrected chi connectivity index (χ4v) is 2.80. The van der Waals surface area contributed by atoms with Crippen LogP contribution in [0.2, 0.25) is 0 Å². The zero-order chi connectivity index (χ0) is 19.7. The summed E-state index contributed by atoms with van der Waals surface area (Å²) in [5, 5.41) is 6.77. The number of nitrogens with zero attached hydrogens (tertiary/aromatic N) is 1. The van der Waals surface area contributed by atoms with Gasteiger partial charge in [0.05, 0.1) is 5.39 Å². The number of hydrogen-bond donors (Lipinski definition) is 1. The molecule has 0 saturated carbocycles. The second-order valence-corrected chi connectivity index (χ2v) is 6.20. The molecule has 4 aromatic rings. The Kier molecular flexibility index (Phi) is 4.49. The summed E-state index contributed by atoms with van der Waals surface area (Å²) >= 11 is 0. The Morgan fingerprint density at radius 3 is 2.64 bits per heavy atom. The van der Waals surface area contributed by atoms with Gasteiger partial charge in [-0.25, -0.2) is 4.39 Å². The lowest BCUT2D eigenvalue weighted by atomic mass is 10.1. The zero-order valence-electron chi connectivity index (χ0n) is 14.9. The molecule has 2 aromatic carbocycles. The third-order valence-corrected chi connectivity index (χ3v) is 4.31. The van der Waals surface area contributed by atoms with Gasteiger partial charge in [0.15, 0.2) is 11.2 Å². The first-order valence-electron chi connectivity index (χ1n) is 8.64. The molecule has 1 N–H and O–H groups in total. The molecule has 4 rings (SSSR count). The Hall–Kier alpha value is -3.74. The maximum absolute atomic E-state index is 13.0. The van der Waals surface area contributed by atoms with E-state index in [9.17, 15) is 14.0 Å². The maximum Gasteiger partial charge on any atom is 0.293 e. The molecule has 1 amide bonds. The van der Waals surface area contributed by atoms with Gasteiger partial charge in [0, 0.05) is 17.7 Å². The number of carbonyl (C=O) groups excluding carboxylic acids is 1. The van der Waals surface area contributed by atoms with Crippen molar-refractivity contribution in [2.45, 2.75) is 13.3 Å². The minimum absolute atomic E-state index is 0.0772. The fraction of sp³-hybridized carbons (Fsp3) is 0.0952. The predicted octanol–water partition coefficient (Wildman–Crippen LogP) is 4.40. The SMILES string of the molecule is CCc1ccc2oc(C(=O)Nc3cc(-c4ccc(F)cc4)no3)cc(=O)c2c1. The molecule has 0 bridgehead atoms. The third kappa shape index (κ3) is 3.42. The van der Waals surface area contributed by atoms with Crippen LogP contribution in [0.15, 0.2) is 68.3 Å². The van der Waals surface area contributed by atoms with E-state index in [4.69, 9.17) is 8.94 Å². The highest BCUT2D eigenvalue weighted by molar-refractivity contribution is 6.02. The summed E-state index contributed by atoms with van der Waals surface area (Å²) in [5.74, 6) is -1.06. The van der Waals surface area contributed by atoms with E-state index in [1.54, 1.807) is 24.3 Å². The lowest BCUT2D eigenvalue weighted by molar-refractivity contribution is 0.0994. The Labute approximate surface area is 158 Å². The van der Waals surface area contributed by atoms with Gasteiger partial charge in [-0.2, -0.15) is 0 Å². The van der Waals surface area contributed by atoms with E-state index < -0.39 is 5.91 Å². The van der Waals surface area contributed by atoms with Crippen molar-refractivity contribution < 1.29 is 18.1 Å². The van der Waals surface area contributed by atoms with Crippen molar-refractivity contribution >= 4 is 22.8 Å². The van der Waals surface area contributed by atoms with Crippen LogP contribution >= 0.6 is 0 Å². The van der Waals surface area contributed by atoms with Crippen molar-refractivity contribution in [3.05, 3.63) is 82.0 Å². The first-order chi connectivity index (χ1) is 13.5. The Morgan fingerprint density at radius 1 is 1.11 bits per heavy atom.